The fraction of sp³-hybridized carbons (Fsp3) is 0.462. The number of hydrogen-bond donors (Lipinski definition) is 2. The molecule has 0 unspecified atom stereocenters. The summed E-state index contributed by atoms with van der Waals surface area (Å²) in [6, 6.07) is 1.50. The van der Waals surface area contributed by atoms with Crippen LogP contribution >= 0.6 is 11.3 Å². The van der Waals surface area contributed by atoms with Gasteiger partial charge in [0.05, 0.1) is 6.54 Å². The lowest BCUT2D eigenvalue weighted by Gasteiger charge is -2.16. The standard InChI is InChI=1S/C13H18N2O5S/c1-3-5-14-10(16)7-15(2)11(17)8-20-9-4-6-21-12(9)13(18)19/h4,6H,3,5,7-8H2,1-2H3,(H,14,16)(H,18,19). The first-order valence-corrected chi connectivity index (χ1v) is 7.28. The van der Waals surface area contributed by atoms with Crippen LogP contribution in [0.1, 0.15) is 23.0 Å². The maximum absolute atomic E-state index is 11.8. The van der Waals surface area contributed by atoms with Gasteiger partial charge in [-0.1, -0.05) is 6.92 Å². The first-order valence-electron chi connectivity index (χ1n) is 6.40. The third-order valence-corrected chi connectivity index (χ3v) is 3.44. The highest BCUT2D eigenvalue weighted by molar-refractivity contribution is 7.12. The Morgan fingerprint density at radius 2 is 2.14 bits per heavy atom. The minimum Gasteiger partial charge on any atom is -0.482 e. The van der Waals surface area contributed by atoms with E-state index in [1.165, 1.54) is 18.0 Å². The van der Waals surface area contributed by atoms with Crippen molar-refractivity contribution in [2.75, 3.05) is 26.7 Å². The topological polar surface area (TPSA) is 95.9 Å². The van der Waals surface area contributed by atoms with E-state index >= 15 is 0 Å². The fourth-order valence-electron chi connectivity index (χ4n) is 1.44. The summed E-state index contributed by atoms with van der Waals surface area (Å²) >= 11 is 1.02. The molecule has 1 aromatic heterocycles. The summed E-state index contributed by atoms with van der Waals surface area (Å²) in [4.78, 5) is 35.4. The molecule has 0 fully saturated rings. The Balaban J connectivity index is 2.44. The van der Waals surface area contributed by atoms with E-state index in [0.29, 0.717) is 6.54 Å². The Kier molecular flexibility index (Phi) is 6.67. The van der Waals surface area contributed by atoms with Gasteiger partial charge in [0.2, 0.25) is 5.91 Å². The molecule has 0 aromatic carbocycles. The Morgan fingerprint density at radius 1 is 1.43 bits per heavy atom. The molecule has 0 spiro atoms. The molecule has 1 rings (SSSR count). The molecule has 0 aliphatic heterocycles. The first kappa shape index (κ1) is 17.0. The van der Waals surface area contributed by atoms with Gasteiger partial charge in [-0.05, 0) is 17.9 Å². The number of ether oxygens (including phenoxy) is 1. The largest absolute Gasteiger partial charge is 0.482 e. The second-order valence-corrected chi connectivity index (χ2v) is 5.22. The van der Waals surface area contributed by atoms with Crippen LogP contribution in [0.2, 0.25) is 0 Å². The molecular formula is C13H18N2O5S. The maximum atomic E-state index is 11.8. The minimum atomic E-state index is -1.10. The number of hydrogen-bond acceptors (Lipinski definition) is 5. The summed E-state index contributed by atoms with van der Waals surface area (Å²) in [6.07, 6.45) is 0.822. The Morgan fingerprint density at radius 3 is 2.76 bits per heavy atom. The van der Waals surface area contributed by atoms with Gasteiger partial charge in [-0.2, -0.15) is 0 Å². The summed E-state index contributed by atoms with van der Waals surface area (Å²) in [6.45, 7) is 2.13. The molecule has 2 amide bonds. The van der Waals surface area contributed by atoms with Crippen LogP contribution in [0.15, 0.2) is 11.4 Å². The van der Waals surface area contributed by atoms with E-state index in [2.05, 4.69) is 5.32 Å². The van der Waals surface area contributed by atoms with Crippen LogP contribution in [0.3, 0.4) is 0 Å². The molecule has 0 saturated heterocycles. The lowest BCUT2D eigenvalue weighted by atomic mass is 10.4. The van der Waals surface area contributed by atoms with Crippen LogP contribution < -0.4 is 10.1 Å². The number of amides is 2. The van der Waals surface area contributed by atoms with E-state index < -0.39 is 11.9 Å². The Hall–Kier alpha value is -2.09. The molecule has 21 heavy (non-hydrogen) atoms. The van der Waals surface area contributed by atoms with Gasteiger partial charge in [0.25, 0.3) is 5.91 Å². The molecule has 2 N–H and O–H groups in total. The van der Waals surface area contributed by atoms with Crippen LogP contribution in [0, 0.1) is 0 Å². The van der Waals surface area contributed by atoms with E-state index in [0.717, 1.165) is 17.8 Å². The Labute approximate surface area is 126 Å². The van der Waals surface area contributed by atoms with Crippen LogP contribution in [-0.4, -0.2) is 54.5 Å². The fourth-order valence-corrected chi connectivity index (χ4v) is 2.11. The highest BCUT2D eigenvalue weighted by atomic mass is 32.1. The summed E-state index contributed by atoms with van der Waals surface area (Å²) in [5.41, 5.74) is 0. The summed E-state index contributed by atoms with van der Waals surface area (Å²) in [5.74, 6) is -1.58. The third kappa shape index (κ3) is 5.42. The van der Waals surface area contributed by atoms with Gasteiger partial charge in [0, 0.05) is 13.6 Å². The molecule has 0 radical (unpaired) electrons. The second-order valence-electron chi connectivity index (χ2n) is 4.31. The lowest BCUT2D eigenvalue weighted by molar-refractivity contribution is -0.136. The Bertz CT molecular complexity index is 514. The third-order valence-electron chi connectivity index (χ3n) is 2.55. The number of nitrogens with one attached hydrogen (secondary N) is 1. The van der Waals surface area contributed by atoms with Crippen molar-refractivity contribution in [3.8, 4) is 5.75 Å². The zero-order valence-electron chi connectivity index (χ0n) is 11.9. The van der Waals surface area contributed by atoms with Gasteiger partial charge in [0.15, 0.2) is 11.5 Å². The smallest absolute Gasteiger partial charge is 0.349 e. The van der Waals surface area contributed by atoms with Gasteiger partial charge >= 0.3 is 5.97 Å². The number of aromatic carboxylic acids is 1. The van der Waals surface area contributed by atoms with Crippen LogP contribution in [0.5, 0.6) is 5.75 Å². The maximum Gasteiger partial charge on any atom is 0.349 e. The summed E-state index contributed by atoms with van der Waals surface area (Å²) in [7, 11) is 1.49. The van der Waals surface area contributed by atoms with Crippen LogP contribution in [0.25, 0.3) is 0 Å². The summed E-state index contributed by atoms with van der Waals surface area (Å²) in [5, 5.41) is 13.1. The van der Waals surface area contributed by atoms with Crippen molar-refractivity contribution in [3.05, 3.63) is 16.3 Å². The van der Waals surface area contributed by atoms with Gasteiger partial charge < -0.3 is 20.1 Å². The molecule has 1 aromatic rings. The van der Waals surface area contributed by atoms with E-state index in [-0.39, 0.29) is 29.7 Å². The number of carbonyl (C=O) groups is 3. The average Bonchev–Trinajstić information content (AvgIpc) is 2.90. The van der Waals surface area contributed by atoms with Crippen molar-refractivity contribution in [3.63, 3.8) is 0 Å². The van der Waals surface area contributed by atoms with Crippen molar-refractivity contribution < 1.29 is 24.2 Å². The van der Waals surface area contributed by atoms with Crippen LogP contribution in [0.4, 0.5) is 0 Å². The van der Waals surface area contributed by atoms with Crippen LogP contribution in [-0.2, 0) is 9.59 Å². The monoisotopic (exact) mass is 314 g/mol. The number of likely N-dealkylation sites (N-methyl/N-ethyl adjacent to an activating group) is 1. The molecule has 8 heteroatoms. The quantitative estimate of drug-likeness (QED) is 0.740. The van der Waals surface area contributed by atoms with Gasteiger partial charge in [-0.15, -0.1) is 11.3 Å². The predicted molar refractivity (Wildman–Crippen MR) is 77.7 cm³/mol. The molecule has 0 aliphatic carbocycles. The number of thiophene rings is 1. The van der Waals surface area contributed by atoms with Crippen molar-refractivity contribution in [2.24, 2.45) is 0 Å². The molecule has 0 atom stereocenters. The zero-order valence-corrected chi connectivity index (χ0v) is 12.7. The van der Waals surface area contributed by atoms with Crippen molar-refractivity contribution in [2.45, 2.75) is 13.3 Å². The molecular weight excluding hydrogens is 296 g/mol. The number of rotatable bonds is 8. The predicted octanol–water partition coefficient (Wildman–Crippen LogP) is 0.810. The zero-order chi connectivity index (χ0) is 15.8. The van der Waals surface area contributed by atoms with Crippen molar-refractivity contribution in [1.29, 1.82) is 0 Å². The van der Waals surface area contributed by atoms with E-state index in [1.807, 2.05) is 6.92 Å². The van der Waals surface area contributed by atoms with Gasteiger partial charge in [-0.25, -0.2) is 4.79 Å². The first-order chi connectivity index (χ1) is 9.95. The second kappa shape index (κ2) is 8.25. The number of carboxylic acid groups (broad SMARTS) is 1. The van der Waals surface area contributed by atoms with E-state index in [9.17, 15) is 14.4 Å². The molecule has 0 bridgehead atoms. The van der Waals surface area contributed by atoms with Crippen molar-refractivity contribution in [1.82, 2.24) is 10.2 Å². The molecule has 0 aliphatic rings. The van der Waals surface area contributed by atoms with Crippen molar-refractivity contribution >= 4 is 29.1 Å². The molecule has 7 nitrogen and oxygen atoms in total. The lowest BCUT2D eigenvalue weighted by Crippen LogP contribution is -2.40. The highest BCUT2D eigenvalue weighted by Gasteiger charge is 2.17. The van der Waals surface area contributed by atoms with E-state index in [4.69, 9.17) is 9.84 Å². The average molecular weight is 314 g/mol. The molecule has 1 heterocycles. The number of carboxylic acids is 1. The normalized spacial score (nSPS) is 10.0. The molecule has 116 valence electrons. The van der Waals surface area contributed by atoms with E-state index in [1.54, 1.807) is 5.38 Å². The number of nitrogens with zero attached hydrogens (tertiary/aromatic N) is 1. The SMILES string of the molecule is CCCNC(=O)CN(C)C(=O)COc1ccsc1C(=O)O. The summed E-state index contributed by atoms with van der Waals surface area (Å²) < 4.78 is 5.19. The molecule has 0 saturated carbocycles. The number of carbonyl (C=O) groups excluding carboxylic acids is 2. The minimum absolute atomic E-state index is 0.0474. The highest BCUT2D eigenvalue weighted by Crippen LogP contribution is 2.24. The van der Waals surface area contributed by atoms with Gasteiger partial charge in [-0.3, -0.25) is 9.59 Å². The van der Waals surface area contributed by atoms with Gasteiger partial charge in [0.1, 0.15) is 5.75 Å².